The molecule has 0 saturated carbocycles. The zero-order valence-electron chi connectivity index (χ0n) is 7.86. The number of H-pyrrole nitrogens is 2. The molecule has 0 aliphatic rings. The second-order valence-electron chi connectivity index (χ2n) is 2.78. The van der Waals surface area contributed by atoms with Gasteiger partial charge in [0.2, 0.25) is 5.88 Å². The summed E-state index contributed by atoms with van der Waals surface area (Å²) in [5.74, 6) is -0.309. The number of aromatic nitrogens is 2. The van der Waals surface area contributed by atoms with Crippen molar-refractivity contribution in [2.45, 2.75) is 6.42 Å². The second-order valence-corrected chi connectivity index (χ2v) is 3.19. The molecule has 6 nitrogen and oxygen atoms in total. The van der Waals surface area contributed by atoms with Gasteiger partial charge in [-0.2, -0.15) is 0 Å². The second kappa shape index (κ2) is 5.42. The molecule has 0 amide bonds. The van der Waals surface area contributed by atoms with Crippen LogP contribution in [0.25, 0.3) is 0 Å². The zero-order chi connectivity index (χ0) is 11.3. The van der Waals surface area contributed by atoms with E-state index in [0.29, 0.717) is 13.0 Å². The summed E-state index contributed by atoms with van der Waals surface area (Å²) < 4.78 is 0.0602. The van der Waals surface area contributed by atoms with Crippen molar-refractivity contribution in [3.05, 3.63) is 20.7 Å². The number of aliphatic hydroxyl groups is 1. The van der Waals surface area contributed by atoms with Crippen LogP contribution in [0.3, 0.4) is 0 Å². The fourth-order valence-corrected chi connectivity index (χ4v) is 1.11. The minimum Gasteiger partial charge on any atom is -0.494 e. The molecule has 1 aromatic heterocycles. The summed E-state index contributed by atoms with van der Waals surface area (Å²) in [7, 11) is 0. The van der Waals surface area contributed by atoms with E-state index in [-0.39, 0.29) is 22.8 Å². The molecule has 82 valence electrons. The monoisotopic (exact) mass is 229 g/mol. The van der Waals surface area contributed by atoms with Gasteiger partial charge >= 0.3 is 0 Å². The summed E-state index contributed by atoms with van der Waals surface area (Å²) >= 11 is 4.65. The van der Waals surface area contributed by atoms with Gasteiger partial charge in [0.15, 0.2) is 4.77 Å². The largest absolute Gasteiger partial charge is 0.494 e. The molecule has 0 aromatic carbocycles. The maximum absolute atomic E-state index is 11.3. The number of aromatic hydroxyl groups is 1. The van der Waals surface area contributed by atoms with E-state index in [0.717, 1.165) is 0 Å². The molecule has 0 fully saturated rings. The Bertz CT molecular complexity index is 463. The standard InChI is InChI=1S/C8H11N3O3S/c12-3-1-2-9-4-5-6(13)10-8(15)11-7(5)14/h4,12H,1-3H2,(H3,10,11,13,14,15). The van der Waals surface area contributed by atoms with Gasteiger partial charge in [-0.1, -0.05) is 0 Å². The van der Waals surface area contributed by atoms with Crippen molar-refractivity contribution in [1.82, 2.24) is 9.97 Å². The van der Waals surface area contributed by atoms with E-state index in [2.05, 4.69) is 27.2 Å². The molecule has 4 N–H and O–H groups in total. The molecule has 0 atom stereocenters. The first-order valence-electron chi connectivity index (χ1n) is 4.31. The zero-order valence-corrected chi connectivity index (χ0v) is 8.67. The molecule has 7 heteroatoms. The van der Waals surface area contributed by atoms with E-state index in [4.69, 9.17) is 5.11 Å². The van der Waals surface area contributed by atoms with Gasteiger partial charge in [0.1, 0.15) is 5.56 Å². The third-order valence-corrected chi connectivity index (χ3v) is 1.83. The predicted octanol–water partition coefficient (Wildman–Crippen LogP) is -0.0606. The normalized spacial score (nSPS) is 11.0. The minimum atomic E-state index is -0.496. The van der Waals surface area contributed by atoms with Crippen LogP contribution in [0.5, 0.6) is 5.88 Å². The third-order valence-electron chi connectivity index (χ3n) is 1.62. The van der Waals surface area contributed by atoms with Crippen molar-refractivity contribution in [3.63, 3.8) is 0 Å². The maximum atomic E-state index is 11.3. The number of nitrogens with one attached hydrogen (secondary N) is 2. The Balaban J connectivity index is 2.90. The number of aromatic amines is 2. The van der Waals surface area contributed by atoms with E-state index in [9.17, 15) is 9.90 Å². The smallest absolute Gasteiger partial charge is 0.264 e. The highest BCUT2D eigenvalue weighted by Gasteiger charge is 2.03. The van der Waals surface area contributed by atoms with Gasteiger partial charge in [-0.25, -0.2) is 0 Å². The SMILES string of the molecule is O=c1[nH]c(=S)[nH]c(O)c1C=NCCCO. The van der Waals surface area contributed by atoms with E-state index < -0.39 is 5.56 Å². The fourth-order valence-electron chi connectivity index (χ4n) is 0.922. The van der Waals surface area contributed by atoms with E-state index in [1.165, 1.54) is 6.21 Å². The van der Waals surface area contributed by atoms with Crippen LogP contribution >= 0.6 is 12.2 Å². The molecule has 1 heterocycles. The molecule has 15 heavy (non-hydrogen) atoms. The Morgan fingerprint density at radius 1 is 1.47 bits per heavy atom. The quantitative estimate of drug-likeness (QED) is 0.330. The first kappa shape index (κ1) is 11.6. The van der Waals surface area contributed by atoms with Crippen LogP contribution in [0.15, 0.2) is 9.79 Å². The molecule has 0 bridgehead atoms. The summed E-state index contributed by atoms with van der Waals surface area (Å²) in [6.45, 7) is 0.432. The average Bonchev–Trinajstić information content (AvgIpc) is 2.15. The number of rotatable bonds is 4. The van der Waals surface area contributed by atoms with Crippen molar-refractivity contribution in [2.24, 2.45) is 4.99 Å². The molecule has 1 aromatic rings. The van der Waals surface area contributed by atoms with Crippen molar-refractivity contribution >= 4 is 18.4 Å². The van der Waals surface area contributed by atoms with Crippen LogP contribution in [0.4, 0.5) is 0 Å². The molecular formula is C8H11N3O3S. The lowest BCUT2D eigenvalue weighted by Gasteiger charge is -1.96. The number of hydrogen-bond donors (Lipinski definition) is 4. The lowest BCUT2D eigenvalue weighted by atomic mass is 10.3. The molecule has 0 unspecified atom stereocenters. The summed E-state index contributed by atoms with van der Waals surface area (Å²) in [5, 5.41) is 17.8. The molecule has 0 spiro atoms. The number of nitrogens with zero attached hydrogens (tertiary/aromatic N) is 1. The first-order valence-corrected chi connectivity index (χ1v) is 4.72. The molecule has 1 rings (SSSR count). The Labute approximate surface area is 90.3 Å². The van der Waals surface area contributed by atoms with Crippen molar-refractivity contribution in [1.29, 1.82) is 0 Å². The molecular weight excluding hydrogens is 218 g/mol. The van der Waals surface area contributed by atoms with Gasteiger partial charge in [0.05, 0.1) is 0 Å². The Morgan fingerprint density at radius 2 is 2.20 bits per heavy atom. The molecule has 0 aliphatic carbocycles. The third kappa shape index (κ3) is 3.30. The highest BCUT2D eigenvalue weighted by atomic mass is 32.1. The summed E-state index contributed by atoms with van der Waals surface area (Å²) in [5.41, 5.74) is -0.467. The summed E-state index contributed by atoms with van der Waals surface area (Å²) in [6, 6.07) is 0. The minimum absolute atomic E-state index is 0.0292. The van der Waals surface area contributed by atoms with Gasteiger partial charge in [0, 0.05) is 19.4 Å². The Hall–Kier alpha value is -1.47. The molecule has 0 aliphatic heterocycles. The van der Waals surface area contributed by atoms with E-state index in [1.54, 1.807) is 0 Å². The van der Waals surface area contributed by atoms with Crippen molar-refractivity contribution in [2.75, 3.05) is 13.2 Å². The maximum Gasteiger partial charge on any atom is 0.264 e. The highest BCUT2D eigenvalue weighted by molar-refractivity contribution is 7.71. The fraction of sp³-hybridized carbons (Fsp3) is 0.375. The topological polar surface area (TPSA) is 101 Å². The Morgan fingerprint density at radius 3 is 2.80 bits per heavy atom. The first-order chi connectivity index (χ1) is 7.15. The van der Waals surface area contributed by atoms with Crippen molar-refractivity contribution < 1.29 is 10.2 Å². The van der Waals surface area contributed by atoms with Crippen LogP contribution in [-0.4, -0.2) is 39.5 Å². The number of aliphatic hydroxyl groups excluding tert-OH is 1. The molecule has 0 radical (unpaired) electrons. The predicted molar refractivity (Wildman–Crippen MR) is 58.1 cm³/mol. The lowest BCUT2D eigenvalue weighted by molar-refractivity contribution is 0.291. The van der Waals surface area contributed by atoms with Crippen LogP contribution in [-0.2, 0) is 0 Å². The summed E-state index contributed by atoms with van der Waals surface area (Å²) in [4.78, 5) is 19.9. The van der Waals surface area contributed by atoms with Crippen molar-refractivity contribution in [3.8, 4) is 5.88 Å². The van der Waals surface area contributed by atoms with Crippen LogP contribution in [0.1, 0.15) is 12.0 Å². The highest BCUT2D eigenvalue weighted by Crippen LogP contribution is 2.03. The van der Waals surface area contributed by atoms with Gasteiger partial charge in [-0.15, -0.1) is 0 Å². The Kier molecular flexibility index (Phi) is 4.19. The van der Waals surface area contributed by atoms with Gasteiger partial charge in [-0.3, -0.25) is 14.8 Å². The lowest BCUT2D eigenvalue weighted by Crippen LogP contribution is -2.13. The van der Waals surface area contributed by atoms with E-state index in [1.807, 2.05) is 0 Å². The summed E-state index contributed by atoms with van der Waals surface area (Å²) in [6.07, 6.45) is 1.76. The number of aliphatic imine (C=N–C) groups is 1. The van der Waals surface area contributed by atoms with Gasteiger partial charge < -0.3 is 15.2 Å². The molecule has 0 saturated heterocycles. The van der Waals surface area contributed by atoms with Gasteiger partial charge in [0.25, 0.3) is 5.56 Å². The van der Waals surface area contributed by atoms with E-state index >= 15 is 0 Å². The van der Waals surface area contributed by atoms with Crippen LogP contribution in [0.2, 0.25) is 0 Å². The van der Waals surface area contributed by atoms with Crippen LogP contribution in [0, 0.1) is 4.77 Å². The number of hydrogen-bond acceptors (Lipinski definition) is 5. The average molecular weight is 229 g/mol. The van der Waals surface area contributed by atoms with Gasteiger partial charge in [-0.05, 0) is 18.6 Å². The van der Waals surface area contributed by atoms with Crippen LogP contribution < -0.4 is 5.56 Å².